The highest BCUT2D eigenvalue weighted by Crippen LogP contribution is 2.25. The summed E-state index contributed by atoms with van der Waals surface area (Å²) in [6, 6.07) is 19.4. The van der Waals surface area contributed by atoms with Crippen molar-refractivity contribution < 1.29 is 9.18 Å². The summed E-state index contributed by atoms with van der Waals surface area (Å²) in [6.45, 7) is 0. The number of nitrogens with one attached hydrogen (secondary N) is 1. The number of hydrogen-bond acceptors (Lipinski definition) is 1. The van der Waals surface area contributed by atoms with Crippen LogP contribution < -0.4 is 0 Å². The van der Waals surface area contributed by atoms with E-state index in [9.17, 15) is 9.18 Å². The lowest BCUT2D eigenvalue weighted by atomic mass is 9.98. The van der Waals surface area contributed by atoms with Gasteiger partial charge >= 0.3 is 0 Å². The van der Waals surface area contributed by atoms with E-state index in [1.165, 1.54) is 12.1 Å². The molecule has 1 heterocycles. The van der Waals surface area contributed by atoms with Gasteiger partial charge in [0, 0.05) is 34.1 Å². The number of carbonyl (C=O) groups is 1. The van der Waals surface area contributed by atoms with Crippen LogP contribution in [0.15, 0.2) is 72.9 Å². The van der Waals surface area contributed by atoms with Gasteiger partial charge in [-0.1, -0.05) is 41.9 Å². The van der Waals surface area contributed by atoms with Gasteiger partial charge in [0.2, 0.25) is 0 Å². The molecular weight excluding hydrogens is 361 g/mol. The second-order valence-electron chi connectivity index (χ2n) is 6.52. The Morgan fingerprint density at radius 3 is 2.56 bits per heavy atom. The van der Waals surface area contributed by atoms with E-state index < -0.39 is 0 Å². The zero-order chi connectivity index (χ0) is 18.8. The third-order valence-corrected chi connectivity index (χ3v) is 4.93. The van der Waals surface area contributed by atoms with Gasteiger partial charge in [-0.2, -0.15) is 0 Å². The predicted molar refractivity (Wildman–Crippen MR) is 108 cm³/mol. The first-order chi connectivity index (χ1) is 13.1. The smallest absolute Gasteiger partial charge is 0.163 e. The lowest BCUT2D eigenvalue weighted by molar-refractivity contribution is 0.0983. The first kappa shape index (κ1) is 17.5. The number of aromatic amines is 1. The maximum absolute atomic E-state index is 13.5. The van der Waals surface area contributed by atoms with Crippen LogP contribution in [-0.4, -0.2) is 10.8 Å². The van der Waals surface area contributed by atoms with Gasteiger partial charge in [0.25, 0.3) is 0 Å². The molecule has 0 amide bonds. The molecule has 0 aliphatic carbocycles. The first-order valence-corrected chi connectivity index (χ1v) is 9.13. The second-order valence-corrected chi connectivity index (χ2v) is 6.95. The number of H-pyrrole nitrogens is 1. The van der Waals surface area contributed by atoms with Gasteiger partial charge < -0.3 is 4.98 Å². The molecule has 0 fully saturated rings. The summed E-state index contributed by atoms with van der Waals surface area (Å²) in [6.07, 6.45) is 2.95. The molecule has 0 spiro atoms. The van der Waals surface area contributed by atoms with Crippen molar-refractivity contribution >= 4 is 28.3 Å². The second kappa shape index (κ2) is 7.37. The number of halogens is 2. The van der Waals surface area contributed by atoms with Gasteiger partial charge in [-0.05, 0) is 59.5 Å². The van der Waals surface area contributed by atoms with E-state index in [2.05, 4.69) is 4.98 Å². The minimum absolute atomic E-state index is 0.0598. The summed E-state index contributed by atoms with van der Waals surface area (Å²) in [5.41, 5.74) is 4.31. The molecule has 0 aliphatic rings. The Balaban J connectivity index is 1.53. The Morgan fingerprint density at radius 1 is 0.963 bits per heavy atom. The van der Waals surface area contributed by atoms with Crippen molar-refractivity contribution in [1.82, 2.24) is 4.98 Å². The van der Waals surface area contributed by atoms with Crippen LogP contribution in [0.5, 0.6) is 0 Å². The molecule has 3 aromatic carbocycles. The van der Waals surface area contributed by atoms with Crippen molar-refractivity contribution in [3.63, 3.8) is 0 Å². The zero-order valence-corrected chi connectivity index (χ0v) is 15.3. The Bertz CT molecular complexity index is 1130. The SMILES string of the molecule is O=C(CCc1c[nH]c2ccc(Cl)cc12)c1cccc(-c2cccc(F)c2)c1. The Kier molecular flexibility index (Phi) is 4.78. The number of ketones is 1. The lowest BCUT2D eigenvalue weighted by Crippen LogP contribution is -2.01. The van der Waals surface area contributed by atoms with E-state index in [4.69, 9.17) is 11.6 Å². The van der Waals surface area contributed by atoms with E-state index in [1.54, 1.807) is 12.1 Å². The van der Waals surface area contributed by atoms with Gasteiger partial charge in [-0.3, -0.25) is 4.79 Å². The number of hydrogen-bond donors (Lipinski definition) is 1. The fourth-order valence-electron chi connectivity index (χ4n) is 3.29. The monoisotopic (exact) mass is 377 g/mol. The fraction of sp³-hybridized carbons (Fsp3) is 0.0870. The van der Waals surface area contributed by atoms with E-state index in [0.29, 0.717) is 23.4 Å². The van der Waals surface area contributed by atoms with E-state index >= 15 is 0 Å². The number of aromatic nitrogens is 1. The number of carbonyl (C=O) groups excluding carboxylic acids is 1. The van der Waals surface area contributed by atoms with E-state index in [-0.39, 0.29) is 11.6 Å². The Labute approximate surface area is 161 Å². The highest BCUT2D eigenvalue weighted by Gasteiger charge is 2.11. The van der Waals surface area contributed by atoms with Crippen molar-refractivity contribution in [3.8, 4) is 11.1 Å². The molecule has 4 heteroatoms. The van der Waals surface area contributed by atoms with Crippen molar-refractivity contribution in [2.24, 2.45) is 0 Å². The molecule has 0 saturated carbocycles. The molecule has 134 valence electrons. The average molecular weight is 378 g/mol. The van der Waals surface area contributed by atoms with Crippen molar-refractivity contribution in [2.45, 2.75) is 12.8 Å². The highest BCUT2D eigenvalue weighted by molar-refractivity contribution is 6.31. The van der Waals surface area contributed by atoms with Crippen LogP contribution in [0.2, 0.25) is 5.02 Å². The topological polar surface area (TPSA) is 32.9 Å². The molecule has 0 aliphatic heterocycles. The minimum atomic E-state index is -0.290. The minimum Gasteiger partial charge on any atom is -0.361 e. The van der Waals surface area contributed by atoms with Crippen LogP contribution in [-0.2, 0) is 6.42 Å². The highest BCUT2D eigenvalue weighted by atomic mass is 35.5. The van der Waals surface area contributed by atoms with Crippen LogP contribution in [0.3, 0.4) is 0 Å². The molecule has 1 aromatic heterocycles. The molecular formula is C23H17ClFNO. The quantitative estimate of drug-likeness (QED) is 0.399. The molecule has 4 rings (SSSR count). The molecule has 2 nitrogen and oxygen atoms in total. The summed E-state index contributed by atoms with van der Waals surface area (Å²) in [7, 11) is 0. The molecule has 0 bridgehead atoms. The lowest BCUT2D eigenvalue weighted by Gasteiger charge is -2.06. The van der Waals surface area contributed by atoms with Crippen LogP contribution in [0.1, 0.15) is 22.3 Å². The van der Waals surface area contributed by atoms with Crippen LogP contribution in [0.4, 0.5) is 4.39 Å². The maximum atomic E-state index is 13.5. The average Bonchev–Trinajstić information content (AvgIpc) is 3.08. The molecule has 0 unspecified atom stereocenters. The summed E-state index contributed by atoms with van der Waals surface area (Å²) in [4.78, 5) is 15.9. The zero-order valence-electron chi connectivity index (χ0n) is 14.5. The molecule has 0 saturated heterocycles. The third-order valence-electron chi connectivity index (χ3n) is 4.69. The summed E-state index contributed by atoms with van der Waals surface area (Å²) < 4.78 is 13.5. The van der Waals surface area contributed by atoms with Crippen LogP contribution in [0, 0.1) is 5.82 Å². The summed E-state index contributed by atoms with van der Waals surface area (Å²) in [5, 5.41) is 1.72. The van der Waals surface area contributed by atoms with E-state index in [1.807, 2.05) is 48.7 Å². The van der Waals surface area contributed by atoms with Gasteiger partial charge in [-0.15, -0.1) is 0 Å². The third kappa shape index (κ3) is 3.79. The number of benzene rings is 3. The maximum Gasteiger partial charge on any atom is 0.163 e. The first-order valence-electron chi connectivity index (χ1n) is 8.75. The molecule has 0 atom stereocenters. The van der Waals surface area contributed by atoms with Gasteiger partial charge in [0.05, 0.1) is 0 Å². The van der Waals surface area contributed by atoms with Crippen molar-refractivity contribution in [1.29, 1.82) is 0 Å². The molecule has 27 heavy (non-hydrogen) atoms. The molecule has 4 aromatic rings. The van der Waals surface area contributed by atoms with Gasteiger partial charge in [0.1, 0.15) is 5.82 Å². The van der Waals surface area contributed by atoms with Crippen molar-refractivity contribution in [3.05, 3.63) is 94.9 Å². The largest absolute Gasteiger partial charge is 0.361 e. The number of Topliss-reactive ketones (excluding diaryl/α,β-unsaturated/α-hetero) is 1. The number of aryl methyl sites for hydroxylation is 1. The standard InChI is InChI=1S/C23H17ClFNO/c24-19-8-9-22-21(13-19)18(14-26-22)7-10-23(27)17-5-1-3-15(11-17)16-4-2-6-20(25)12-16/h1-6,8-9,11-14,26H,7,10H2. The van der Waals surface area contributed by atoms with Crippen LogP contribution >= 0.6 is 11.6 Å². The molecule has 0 radical (unpaired) electrons. The Hall–Kier alpha value is -2.91. The number of fused-ring (bicyclic) bond motifs is 1. The van der Waals surface area contributed by atoms with Gasteiger partial charge in [0.15, 0.2) is 5.78 Å². The fourth-order valence-corrected chi connectivity index (χ4v) is 3.46. The van der Waals surface area contributed by atoms with Gasteiger partial charge in [-0.25, -0.2) is 4.39 Å². The Morgan fingerprint density at radius 2 is 1.74 bits per heavy atom. The number of rotatable bonds is 5. The summed E-state index contributed by atoms with van der Waals surface area (Å²) >= 11 is 6.09. The van der Waals surface area contributed by atoms with E-state index in [0.717, 1.165) is 27.6 Å². The normalized spacial score (nSPS) is 11.0. The van der Waals surface area contributed by atoms with Crippen LogP contribution in [0.25, 0.3) is 22.0 Å². The van der Waals surface area contributed by atoms with Crippen molar-refractivity contribution in [2.75, 3.05) is 0 Å². The summed E-state index contributed by atoms with van der Waals surface area (Å²) in [5.74, 6) is -0.230. The predicted octanol–water partition coefficient (Wildman–Crippen LogP) is 6.44. The molecule has 1 N–H and O–H groups in total.